The summed E-state index contributed by atoms with van der Waals surface area (Å²) >= 11 is 0. The molecule has 4 amide bonds. The molecule has 6 nitrogen and oxygen atoms in total. The number of carbonyl (C=O) groups is 3. The van der Waals surface area contributed by atoms with Crippen LogP contribution in [0.15, 0.2) is 42.0 Å². The zero-order valence-corrected chi connectivity index (χ0v) is 11.7. The van der Waals surface area contributed by atoms with Crippen molar-refractivity contribution < 1.29 is 14.4 Å². The molecular formula is C15H15N3O3. The molecule has 1 aromatic carbocycles. The first-order chi connectivity index (χ1) is 9.97. The molecular weight excluding hydrogens is 270 g/mol. The fourth-order valence-electron chi connectivity index (χ4n) is 1.77. The first kappa shape index (κ1) is 14.5. The molecule has 21 heavy (non-hydrogen) atoms. The third-order valence-corrected chi connectivity index (χ3v) is 2.90. The van der Waals surface area contributed by atoms with Gasteiger partial charge in [0.2, 0.25) is 0 Å². The number of barbiturate groups is 1. The number of imide groups is 2. The van der Waals surface area contributed by atoms with Crippen LogP contribution in [0.4, 0.5) is 10.5 Å². The highest BCUT2D eigenvalue weighted by Gasteiger charge is 2.26. The van der Waals surface area contributed by atoms with Crippen molar-refractivity contribution in [2.45, 2.75) is 0 Å². The average molecular weight is 285 g/mol. The van der Waals surface area contributed by atoms with E-state index in [1.54, 1.807) is 12.2 Å². The quantitative estimate of drug-likeness (QED) is 0.643. The van der Waals surface area contributed by atoms with E-state index in [9.17, 15) is 14.4 Å². The lowest BCUT2D eigenvalue weighted by Crippen LogP contribution is -2.51. The Bertz CT molecular complexity index is 621. The summed E-state index contributed by atoms with van der Waals surface area (Å²) in [4.78, 5) is 35.8. The SMILES string of the molecule is CN(C)c1ccc(/C=C/C=C2C(=O)NC(=O)NC2=O)cc1. The lowest BCUT2D eigenvalue weighted by Gasteiger charge is -2.13. The summed E-state index contributed by atoms with van der Waals surface area (Å²) < 4.78 is 0. The molecule has 1 aliphatic heterocycles. The number of benzene rings is 1. The van der Waals surface area contributed by atoms with Crippen LogP contribution in [0.3, 0.4) is 0 Å². The minimum atomic E-state index is -0.801. The van der Waals surface area contributed by atoms with Gasteiger partial charge in [-0.1, -0.05) is 24.3 Å². The molecule has 1 saturated heterocycles. The highest BCUT2D eigenvalue weighted by Crippen LogP contribution is 2.13. The van der Waals surface area contributed by atoms with Crippen LogP contribution in [0.1, 0.15) is 5.56 Å². The molecule has 1 aromatic rings. The molecule has 0 aliphatic carbocycles. The van der Waals surface area contributed by atoms with Crippen LogP contribution in [0, 0.1) is 0 Å². The Hall–Kier alpha value is -2.89. The van der Waals surface area contributed by atoms with Crippen molar-refractivity contribution in [3.8, 4) is 0 Å². The maximum Gasteiger partial charge on any atom is 0.328 e. The molecule has 0 unspecified atom stereocenters. The van der Waals surface area contributed by atoms with Crippen molar-refractivity contribution in [1.82, 2.24) is 10.6 Å². The lowest BCUT2D eigenvalue weighted by atomic mass is 10.1. The van der Waals surface area contributed by atoms with Gasteiger partial charge in [0.05, 0.1) is 0 Å². The second-order valence-corrected chi connectivity index (χ2v) is 4.66. The lowest BCUT2D eigenvalue weighted by molar-refractivity contribution is -0.124. The van der Waals surface area contributed by atoms with E-state index in [-0.39, 0.29) is 5.57 Å². The summed E-state index contributed by atoms with van der Waals surface area (Å²) in [7, 11) is 3.91. The van der Waals surface area contributed by atoms with Gasteiger partial charge < -0.3 is 4.90 Å². The fraction of sp³-hybridized carbons (Fsp3) is 0.133. The Morgan fingerprint density at radius 2 is 1.52 bits per heavy atom. The minimum absolute atomic E-state index is 0.101. The number of hydrogen-bond acceptors (Lipinski definition) is 4. The molecule has 0 bridgehead atoms. The number of amides is 4. The summed E-state index contributed by atoms with van der Waals surface area (Å²) in [5.74, 6) is -1.40. The molecule has 2 rings (SSSR count). The average Bonchev–Trinajstić information content (AvgIpc) is 2.42. The first-order valence-corrected chi connectivity index (χ1v) is 6.30. The predicted molar refractivity (Wildman–Crippen MR) is 79.6 cm³/mol. The van der Waals surface area contributed by atoms with Gasteiger partial charge in [-0.3, -0.25) is 20.2 Å². The molecule has 108 valence electrons. The van der Waals surface area contributed by atoms with Crippen molar-refractivity contribution in [3.63, 3.8) is 0 Å². The van der Waals surface area contributed by atoms with Crippen molar-refractivity contribution in [2.75, 3.05) is 19.0 Å². The Morgan fingerprint density at radius 1 is 0.952 bits per heavy atom. The number of allylic oxidation sites excluding steroid dienone is 2. The van der Waals surface area contributed by atoms with Gasteiger partial charge in [-0.25, -0.2) is 4.79 Å². The maximum absolute atomic E-state index is 11.5. The molecule has 2 N–H and O–H groups in total. The van der Waals surface area contributed by atoms with Crippen LogP contribution in [0.5, 0.6) is 0 Å². The smallest absolute Gasteiger partial charge is 0.328 e. The van der Waals surface area contributed by atoms with E-state index in [1.165, 1.54) is 6.08 Å². The molecule has 6 heteroatoms. The normalized spacial score (nSPS) is 15.0. The van der Waals surface area contributed by atoms with Crippen molar-refractivity contribution in [3.05, 3.63) is 47.6 Å². The molecule has 0 aromatic heterocycles. The maximum atomic E-state index is 11.5. The molecule has 1 heterocycles. The van der Waals surface area contributed by atoms with E-state index in [0.29, 0.717) is 0 Å². The summed E-state index contributed by atoms with van der Waals surface area (Å²) in [5.41, 5.74) is 1.91. The molecule has 0 radical (unpaired) electrons. The summed E-state index contributed by atoms with van der Waals surface area (Å²) in [6.45, 7) is 0. The largest absolute Gasteiger partial charge is 0.378 e. The highest BCUT2D eigenvalue weighted by atomic mass is 16.2. The topological polar surface area (TPSA) is 78.5 Å². The predicted octanol–water partition coefficient (Wildman–Crippen LogP) is 1.06. The third kappa shape index (κ3) is 3.56. The monoisotopic (exact) mass is 285 g/mol. The van der Waals surface area contributed by atoms with Crippen LogP contribution in [0.2, 0.25) is 0 Å². The number of rotatable bonds is 3. The Balaban J connectivity index is 2.10. The summed E-state index contributed by atoms with van der Waals surface area (Å²) in [6.07, 6.45) is 4.73. The van der Waals surface area contributed by atoms with E-state index in [0.717, 1.165) is 11.3 Å². The molecule has 0 saturated carbocycles. The first-order valence-electron chi connectivity index (χ1n) is 6.30. The molecule has 1 aliphatic rings. The van der Waals surface area contributed by atoms with Gasteiger partial charge in [0, 0.05) is 19.8 Å². The fourth-order valence-corrected chi connectivity index (χ4v) is 1.77. The Morgan fingerprint density at radius 3 is 2.05 bits per heavy atom. The van der Waals surface area contributed by atoms with Crippen molar-refractivity contribution in [1.29, 1.82) is 0 Å². The highest BCUT2D eigenvalue weighted by molar-refractivity contribution is 6.29. The van der Waals surface area contributed by atoms with E-state index in [2.05, 4.69) is 0 Å². The van der Waals surface area contributed by atoms with E-state index < -0.39 is 17.8 Å². The van der Waals surface area contributed by atoms with Gasteiger partial charge >= 0.3 is 6.03 Å². The molecule has 0 atom stereocenters. The number of carbonyl (C=O) groups excluding carboxylic acids is 3. The summed E-state index contributed by atoms with van der Waals surface area (Å²) in [6, 6.07) is 6.98. The van der Waals surface area contributed by atoms with Crippen molar-refractivity contribution >= 4 is 29.6 Å². The van der Waals surface area contributed by atoms with Crippen molar-refractivity contribution in [2.24, 2.45) is 0 Å². The zero-order chi connectivity index (χ0) is 15.4. The second-order valence-electron chi connectivity index (χ2n) is 4.66. The number of hydrogen-bond donors (Lipinski definition) is 2. The van der Waals surface area contributed by atoms with Crippen LogP contribution < -0.4 is 15.5 Å². The van der Waals surface area contributed by atoms with E-state index >= 15 is 0 Å². The number of nitrogens with one attached hydrogen (secondary N) is 2. The van der Waals surface area contributed by atoms with E-state index in [1.807, 2.05) is 53.9 Å². The Kier molecular flexibility index (Phi) is 4.18. The van der Waals surface area contributed by atoms with Crippen LogP contribution in [-0.2, 0) is 9.59 Å². The Labute approximate surface area is 122 Å². The van der Waals surface area contributed by atoms with Gasteiger partial charge in [0.15, 0.2) is 0 Å². The molecule has 0 spiro atoms. The third-order valence-electron chi connectivity index (χ3n) is 2.90. The van der Waals surface area contributed by atoms with E-state index in [4.69, 9.17) is 0 Å². The van der Waals surface area contributed by atoms with Gasteiger partial charge in [-0.05, 0) is 23.8 Å². The second kappa shape index (κ2) is 6.04. The van der Waals surface area contributed by atoms with Crippen LogP contribution in [-0.4, -0.2) is 31.9 Å². The molecule has 1 fully saturated rings. The number of nitrogens with zero attached hydrogens (tertiary/aromatic N) is 1. The minimum Gasteiger partial charge on any atom is -0.378 e. The van der Waals surface area contributed by atoms with Crippen LogP contribution >= 0.6 is 0 Å². The van der Waals surface area contributed by atoms with Gasteiger partial charge in [0.1, 0.15) is 5.57 Å². The number of anilines is 1. The zero-order valence-electron chi connectivity index (χ0n) is 11.7. The van der Waals surface area contributed by atoms with Gasteiger partial charge in [-0.15, -0.1) is 0 Å². The summed E-state index contributed by atoms with van der Waals surface area (Å²) in [5, 5.41) is 4.02. The van der Waals surface area contributed by atoms with Crippen LogP contribution in [0.25, 0.3) is 6.08 Å². The standard InChI is InChI=1S/C15H15N3O3/c1-18(2)11-8-6-10(7-9-11)4-3-5-12-13(19)16-15(21)17-14(12)20/h3-9H,1-2H3,(H2,16,17,19,20,21)/b4-3+. The van der Waals surface area contributed by atoms with Gasteiger partial charge in [-0.2, -0.15) is 0 Å². The van der Waals surface area contributed by atoms with Gasteiger partial charge in [0.25, 0.3) is 11.8 Å². The number of urea groups is 1.